The quantitative estimate of drug-likeness (QED) is 0.819. The van der Waals surface area contributed by atoms with Gasteiger partial charge in [0.2, 0.25) is 0 Å². The maximum Gasteiger partial charge on any atom is 0.180 e. The second-order valence-electron chi connectivity index (χ2n) is 4.64. The molecule has 0 amide bonds. The number of ketones is 1. The van der Waals surface area contributed by atoms with Crippen molar-refractivity contribution in [1.82, 2.24) is 5.32 Å². The molecule has 1 heterocycles. The van der Waals surface area contributed by atoms with E-state index >= 15 is 0 Å². The van der Waals surface area contributed by atoms with Crippen molar-refractivity contribution < 1.29 is 9.21 Å². The van der Waals surface area contributed by atoms with Crippen LogP contribution < -0.4 is 5.32 Å². The Labute approximate surface area is 99.8 Å². The summed E-state index contributed by atoms with van der Waals surface area (Å²) < 4.78 is 5.27. The molecule has 1 aliphatic rings. The first-order valence-electron chi connectivity index (χ1n) is 5.98. The molecule has 0 radical (unpaired) electrons. The smallest absolute Gasteiger partial charge is 0.180 e. The molecule has 3 nitrogen and oxygen atoms in total. The summed E-state index contributed by atoms with van der Waals surface area (Å²) in [6, 6.07) is 7.48. The number of carbonyl (C=O) groups excluding carboxylic acids is 1. The summed E-state index contributed by atoms with van der Waals surface area (Å²) in [5.41, 5.74) is 1.60. The van der Waals surface area contributed by atoms with Crippen LogP contribution >= 0.6 is 0 Å². The van der Waals surface area contributed by atoms with Crippen LogP contribution in [0.1, 0.15) is 23.2 Å². The van der Waals surface area contributed by atoms with Gasteiger partial charge in [0, 0.05) is 10.9 Å². The molecule has 0 bridgehead atoms. The zero-order valence-electron chi connectivity index (χ0n) is 9.77. The van der Waals surface area contributed by atoms with E-state index in [1.165, 1.54) is 0 Å². The van der Waals surface area contributed by atoms with Gasteiger partial charge in [-0.15, -0.1) is 0 Å². The molecule has 1 saturated carbocycles. The van der Waals surface area contributed by atoms with Gasteiger partial charge in [0.15, 0.2) is 5.78 Å². The Morgan fingerprint density at radius 2 is 2.24 bits per heavy atom. The zero-order valence-corrected chi connectivity index (χ0v) is 9.77. The van der Waals surface area contributed by atoms with Gasteiger partial charge in [-0.3, -0.25) is 4.79 Å². The highest BCUT2D eigenvalue weighted by atomic mass is 16.3. The van der Waals surface area contributed by atoms with Crippen LogP contribution in [0.3, 0.4) is 0 Å². The minimum atomic E-state index is -0.0284. The van der Waals surface area contributed by atoms with Gasteiger partial charge >= 0.3 is 0 Å². The molecule has 3 rings (SSSR count). The Balaban J connectivity index is 1.93. The molecule has 3 heteroatoms. The van der Waals surface area contributed by atoms with Gasteiger partial charge in [0.25, 0.3) is 0 Å². The molecule has 1 aliphatic carbocycles. The number of likely N-dealkylation sites (N-methyl/N-ethyl adjacent to an activating group) is 1. The fourth-order valence-corrected chi connectivity index (χ4v) is 2.31. The third-order valence-electron chi connectivity index (χ3n) is 3.42. The second kappa shape index (κ2) is 4.00. The first kappa shape index (κ1) is 10.5. The monoisotopic (exact) mass is 229 g/mol. The average Bonchev–Trinajstić information content (AvgIpc) is 3.07. The van der Waals surface area contributed by atoms with Crippen LogP contribution in [0.15, 0.2) is 34.9 Å². The third-order valence-corrected chi connectivity index (χ3v) is 3.42. The summed E-state index contributed by atoms with van der Waals surface area (Å²) >= 11 is 0. The predicted molar refractivity (Wildman–Crippen MR) is 66.1 cm³/mol. The van der Waals surface area contributed by atoms with Gasteiger partial charge in [-0.25, -0.2) is 0 Å². The SMILES string of the molecule is CNC(C(=O)c1ccc2occc2c1)C1CC1. The van der Waals surface area contributed by atoms with Gasteiger partial charge < -0.3 is 9.73 Å². The number of hydrogen-bond acceptors (Lipinski definition) is 3. The van der Waals surface area contributed by atoms with Crippen LogP contribution in [0.5, 0.6) is 0 Å². The van der Waals surface area contributed by atoms with Gasteiger partial charge in [-0.1, -0.05) is 0 Å². The Hall–Kier alpha value is -1.61. The van der Waals surface area contributed by atoms with Gasteiger partial charge in [-0.2, -0.15) is 0 Å². The number of hydrogen-bond donors (Lipinski definition) is 1. The van der Waals surface area contributed by atoms with E-state index in [9.17, 15) is 4.79 Å². The topological polar surface area (TPSA) is 42.2 Å². The van der Waals surface area contributed by atoms with Gasteiger partial charge in [0.1, 0.15) is 5.58 Å². The van der Waals surface area contributed by atoms with E-state index in [4.69, 9.17) is 4.42 Å². The average molecular weight is 229 g/mol. The van der Waals surface area contributed by atoms with E-state index in [0.29, 0.717) is 5.92 Å². The maximum absolute atomic E-state index is 12.3. The number of nitrogens with one attached hydrogen (secondary N) is 1. The summed E-state index contributed by atoms with van der Waals surface area (Å²) in [4.78, 5) is 12.3. The lowest BCUT2D eigenvalue weighted by molar-refractivity contribution is 0.0936. The minimum absolute atomic E-state index is 0.0284. The number of fused-ring (bicyclic) bond motifs is 1. The van der Waals surface area contributed by atoms with Crippen LogP contribution in [0.2, 0.25) is 0 Å². The van der Waals surface area contributed by atoms with E-state index < -0.39 is 0 Å². The van der Waals surface area contributed by atoms with Crippen molar-refractivity contribution in [2.24, 2.45) is 5.92 Å². The Morgan fingerprint density at radius 3 is 2.94 bits per heavy atom. The standard InChI is InChI=1S/C14H15NO2/c1-15-13(9-2-3-9)14(16)11-4-5-12-10(8-11)6-7-17-12/h4-9,13,15H,2-3H2,1H3. The molecule has 0 aliphatic heterocycles. The van der Waals surface area contributed by atoms with Crippen LogP contribution in [0.25, 0.3) is 11.0 Å². The summed E-state index contributed by atoms with van der Waals surface area (Å²) in [5, 5.41) is 4.12. The van der Waals surface area contributed by atoms with E-state index in [1.54, 1.807) is 6.26 Å². The second-order valence-corrected chi connectivity index (χ2v) is 4.64. The molecule has 2 aromatic rings. The van der Waals surface area contributed by atoms with Gasteiger partial charge in [0.05, 0.1) is 12.3 Å². The fourth-order valence-electron chi connectivity index (χ4n) is 2.31. The minimum Gasteiger partial charge on any atom is -0.464 e. The summed E-state index contributed by atoms with van der Waals surface area (Å²) in [6.07, 6.45) is 3.96. The molecule has 0 saturated heterocycles. The Morgan fingerprint density at radius 1 is 1.41 bits per heavy atom. The molecule has 88 valence electrons. The van der Waals surface area contributed by atoms with Crippen molar-refractivity contribution in [3.63, 3.8) is 0 Å². The van der Waals surface area contributed by atoms with Crippen molar-refractivity contribution in [1.29, 1.82) is 0 Å². The molecule has 0 spiro atoms. The van der Waals surface area contributed by atoms with Crippen molar-refractivity contribution in [2.75, 3.05) is 7.05 Å². The van der Waals surface area contributed by atoms with Crippen LogP contribution in [-0.4, -0.2) is 18.9 Å². The van der Waals surface area contributed by atoms with E-state index in [-0.39, 0.29) is 11.8 Å². The van der Waals surface area contributed by atoms with Crippen LogP contribution in [0.4, 0.5) is 0 Å². The Bertz CT molecular complexity index is 554. The summed E-state index contributed by atoms with van der Waals surface area (Å²) in [7, 11) is 1.86. The number of benzene rings is 1. The molecule has 1 fully saturated rings. The lowest BCUT2D eigenvalue weighted by Crippen LogP contribution is -2.36. The van der Waals surface area contributed by atoms with Crippen LogP contribution in [0, 0.1) is 5.92 Å². The zero-order chi connectivity index (χ0) is 11.8. The number of carbonyl (C=O) groups is 1. The largest absolute Gasteiger partial charge is 0.464 e. The molecule has 1 unspecified atom stereocenters. The molecule has 1 atom stereocenters. The van der Waals surface area contributed by atoms with Gasteiger partial charge in [-0.05, 0) is 50.1 Å². The van der Waals surface area contributed by atoms with Crippen molar-refractivity contribution in [2.45, 2.75) is 18.9 Å². The molecular formula is C14H15NO2. The third kappa shape index (κ3) is 1.87. The maximum atomic E-state index is 12.3. The fraction of sp³-hybridized carbons (Fsp3) is 0.357. The first-order valence-corrected chi connectivity index (χ1v) is 5.98. The Kier molecular flexibility index (Phi) is 2.48. The molecule has 1 aromatic heterocycles. The summed E-state index contributed by atoms with van der Waals surface area (Å²) in [6.45, 7) is 0. The highest BCUT2D eigenvalue weighted by Crippen LogP contribution is 2.34. The van der Waals surface area contributed by atoms with E-state index in [1.807, 2.05) is 31.3 Å². The van der Waals surface area contributed by atoms with Crippen molar-refractivity contribution in [3.05, 3.63) is 36.1 Å². The molecule has 1 N–H and O–H groups in total. The van der Waals surface area contributed by atoms with Crippen molar-refractivity contribution >= 4 is 16.8 Å². The molecular weight excluding hydrogens is 214 g/mol. The highest BCUT2D eigenvalue weighted by molar-refractivity contribution is 6.02. The molecule has 17 heavy (non-hydrogen) atoms. The highest BCUT2D eigenvalue weighted by Gasteiger charge is 2.35. The lowest BCUT2D eigenvalue weighted by atomic mass is 9.99. The number of rotatable bonds is 4. The number of furan rings is 1. The van der Waals surface area contributed by atoms with Crippen LogP contribution in [-0.2, 0) is 0 Å². The molecule has 1 aromatic carbocycles. The summed E-state index contributed by atoms with van der Waals surface area (Å²) in [5.74, 6) is 0.714. The van der Waals surface area contributed by atoms with E-state index in [2.05, 4.69) is 5.32 Å². The lowest BCUT2D eigenvalue weighted by Gasteiger charge is -2.13. The predicted octanol–water partition coefficient (Wildman–Crippen LogP) is 2.61. The first-order chi connectivity index (χ1) is 8.29. The normalized spacial score (nSPS) is 17.2. The number of Topliss-reactive ketones (excluding diaryl/α,β-unsaturated/α-hetero) is 1. The van der Waals surface area contributed by atoms with Crippen molar-refractivity contribution in [3.8, 4) is 0 Å². The van der Waals surface area contributed by atoms with E-state index in [0.717, 1.165) is 29.4 Å².